The molecule has 64 valence electrons. The van der Waals surface area contributed by atoms with Crippen molar-refractivity contribution in [3.05, 3.63) is 23.1 Å². The van der Waals surface area contributed by atoms with E-state index in [1.54, 1.807) is 0 Å². The largest absolute Gasteiger partial charge is 0.316 e. The Kier molecular flexibility index (Phi) is 2.44. The predicted octanol–water partition coefficient (Wildman–Crippen LogP) is 0.0148. The van der Waals surface area contributed by atoms with Crippen LogP contribution in [0.2, 0.25) is 0 Å². The fourth-order valence-electron chi connectivity index (χ4n) is 1.09. The third-order valence-electron chi connectivity index (χ3n) is 2.05. The zero-order valence-corrected chi connectivity index (χ0v) is 7.70. The van der Waals surface area contributed by atoms with E-state index in [-0.39, 0.29) is 0 Å². The van der Waals surface area contributed by atoms with Gasteiger partial charge in [-0.1, -0.05) is 0 Å². The standard InChI is InChI=1S/C8H13N4/c1-7-11(3)8(5-6-9-2)10-12(7)4/h5-6H2,1,3-4H3/q+1. The van der Waals surface area contributed by atoms with Crippen LogP contribution in [0.1, 0.15) is 11.6 Å². The first-order valence-corrected chi connectivity index (χ1v) is 3.88. The highest BCUT2D eigenvalue weighted by Crippen LogP contribution is 1.92. The van der Waals surface area contributed by atoms with Crippen LogP contribution in [0.15, 0.2) is 0 Å². The Morgan fingerprint density at radius 1 is 1.67 bits per heavy atom. The van der Waals surface area contributed by atoms with Gasteiger partial charge in [-0.05, 0) is 0 Å². The molecule has 0 radical (unpaired) electrons. The van der Waals surface area contributed by atoms with E-state index in [9.17, 15) is 0 Å². The average Bonchev–Trinajstić information content (AvgIpc) is 2.30. The van der Waals surface area contributed by atoms with E-state index in [0.717, 1.165) is 18.1 Å². The van der Waals surface area contributed by atoms with Crippen LogP contribution in [-0.4, -0.2) is 16.3 Å². The molecule has 0 N–H and O–H groups in total. The number of hydrogen-bond donors (Lipinski definition) is 0. The number of rotatable bonds is 2. The summed E-state index contributed by atoms with van der Waals surface area (Å²) in [7, 11) is 3.89. The van der Waals surface area contributed by atoms with E-state index in [1.165, 1.54) is 0 Å². The summed E-state index contributed by atoms with van der Waals surface area (Å²) in [5.41, 5.74) is 0. The molecule has 0 spiro atoms. The normalized spacial score (nSPS) is 9.83. The third-order valence-corrected chi connectivity index (χ3v) is 2.05. The van der Waals surface area contributed by atoms with Gasteiger partial charge in [-0.2, -0.15) is 0 Å². The Balaban J connectivity index is 2.87. The van der Waals surface area contributed by atoms with Crippen molar-refractivity contribution in [2.24, 2.45) is 14.1 Å². The minimum atomic E-state index is 0.518. The number of aromatic nitrogens is 3. The van der Waals surface area contributed by atoms with Gasteiger partial charge in [-0.25, -0.2) is 11.1 Å². The SMILES string of the molecule is [C-]#[N+]CCc1nn(C)c(C)[n+]1C. The molecule has 1 aromatic heterocycles. The van der Waals surface area contributed by atoms with Crippen molar-refractivity contribution in [3.8, 4) is 0 Å². The molecule has 0 bridgehead atoms. The van der Waals surface area contributed by atoms with E-state index < -0.39 is 0 Å². The second-order valence-electron chi connectivity index (χ2n) is 2.78. The average molecular weight is 165 g/mol. The van der Waals surface area contributed by atoms with Gasteiger partial charge >= 0.3 is 0 Å². The molecular weight excluding hydrogens is 152 g/mol. The van der Waals surface area contributed by atoms with Gasteiger partial charge < -0.3 is 4.85 Å². The lowest BCUT2D eigenvalue weighted by molar-refractivity contribution is -0.685. The van der Waals surface area contributed by atoms with E-state index >= 15 is 0 Å². The van der Waals surface area contributed by atoms with Crippen molar-refractivity contribution in [2.75, 3.05) is 6.54 Å². The summed E-state index contributed by atoms with van der Waals surface area (Å²) < 4.78 is 3.85. The zero-order valence-electron chi connectivity index (χ0n) is 7.70. The van der Waals surface area contributed by atoms with Gasteiger partial charge in [0.15, 0.2) is 0 Å². The van der Waals surface area contributed by atoms with Gasteiger partial charge in [0.2, 0.25) is 12.4 Å². The fraction of sp³-hybridized carbons (Fsp3) is 0.625. The maximum atomic E-state index is 6.66. The van der Waals surface area contributed by atoms with Gasteiger partial charge in [0.25, 0.3) is 5.82 Å². The van der Waals surface area contributed by atoms with Gasteiger partial charge in [-0.3, -0.25) is 0 Å². The van der Waals surface area contributed by atoms with Gasteiger partial charge in [-0.15, -0.1) is 4.68 Å². The summed E-state index contributed by atoms with van der Waals surface area (Å²) in [5.74, 6) is 2.08. The summed E-state index contributed by atoms with van der Waals surface area (Å²) in [6.45, 7) is 9.19. The molecule has 0 saturated heterocycles. The predicted molar refractivity (Wildman–Crippen MR) is 44.3 cm³/mol. The molecule has 1 rings (SSSR count). The molecule has 0 aliphatic heterocycles. The lowest BCUT2D eigenvalue weighted by Gasteiger charge is -1.88. The Morgan fingerprint density at radius 3 is 2.75 bits per heavy atom. The first kappa shape index (κ1) is 8.72. The molecule has 1 heterocycles. The fourth-order valence-corrected chi connectivity index (χ4v) is 1.09. The van der Waals surface area contributed by atoms with E-state index in [2.05, 4.69) is 9.94 Å². The number of hydrogen-bond acceptors (Lipinski definition) is 1. The van der Waals surface area contributed by atoms with Crippen molar-refractivity contribution < 1.29 is 4.57 Å². The molecule has 0 aliphatic carbocycles. The van der Waals surface area contributed by atoms with Crippen LogP contribution in [0, 0.1) is 13.5 Å². The molecule has 0 amide bonds. The Bertz CT molecular complexity index is 319. The zero-order chi connectivity index (χ0) is 9.14. The van der Waals surface area contributed by atoms with Crippen LogP contribution in [0.3, 0.4) is 0 Å². The highest BCUT2D eigenvalue weighted by Gasteiger charge is 2.16. The lowest BCUT2D eigenvalue weighted by Crippen LogP contribution is -2.35. The summed E-state index contributed by atoms with van der Waals surface area (Å²) in [6.07, 6.45) is 0.738. The molecule has 0 saturated carbocycles. The summed E-state index contributed by atoms with van der Waals surface area (Å²) in [4.78, 5) is 3.30. The molecule has 0 fully saturated rings. The Morgan fingerprint density at radius 2 is 2.33 bits per heavy atom. The monoisotopic (exact) mass is 165 g/mol. The highest BCUT2D eigenvalue weighted by molar-refractivity contribution is 4.81. The summed E-state index contributed by atoms with van der Waals surface area (Å²) in [6, 6.07) is 0. The first-order chi connectivity index (χ1) is 5.66. The Hall–Kier alpha value is -1.37. The number of nitrogens with zero attached hydrogens (tertiary/aromatic N) is 4. The second kappa shape index (κ2) is 3.35. The van der Waals surface area contributed by atoms with Crippen LogP contribution in [0.25, 0.3) is 4.85 Å². The Labute approximate surface area is 72.3 Å². The highest BCUT2D eigenvalue weighted by atomic mass is 15.4. The minimum Gasteiger partial charge on any atom is -0.316 e. The van der Waals surface area contributed by atoms with E-state index in [0.29, 0.717) is 6.54 Å². The van der Waals surface area contributed by atoms with Gasteiger partial charge in [0, 0.05) is 12.0 Å². The quantitative estimate of drug-likeness (QED) is 0.448. The molecule has 0 aliphatic rings. The summed E-state index contributed by atoms with van der Waals surface area (Å²) in [5, 5.41) is 4.28. The smallest absolute Gasteiger partial charge is 0.284 e. The van der Waals surface area contributed by atoms with Gasteiger partial charge in [0.1, 0.15) is 6.42 Å². The minimum absolute atomic E-state index is 0.518. The molecule has 1 aromatic rings. The van der Waals surface area contributed by atoms with Crippen molar-refractivity contribution in [3.63, 3.8) is 0 Å². The van der Waals surface area contributed by atoms with Crippen molar-refractivity contribution in [1.29, 1.82) is 0 Å². The maximum absolute atomic E-state index is 6.66. The molecule has 0 aromatic carbocycles. The van der Waals surface area contributed by atoms with E-state index in [4.69, 9.17) is 6.57 Å². The first-order valence-electron chi connectivity index (χ1n) is 3.88. The van der Waals surface area contributed by atoms with Crippen LogP contribution >= 0.6 is 0 Å². The third kappa shape index (κ3) is 1.45. The molecule has 12 heavy (non-hydrogen) atoms. The molecular formula is C8H13N4+. The van der Waals surface area contributed by atoms with Crippen molar-refractivity contribution in [2.45, 2.75) is 13.3 Å². The summed E-state index contributed by atoms with van der Waals surface area (Å²) >= 11 is 0. The van der Waals surface area contributed by atoms with Crippen molar-refractivity contribution in [1.82, 2.24) is 9.78 Å². The topological polar surface area (TPSA) is 26.1 Å². The molecule has 4 nitrogen and oxygen atoms in total. The molecule has 0 atom stereocenters. The molecule has 4 heteroatoms. The molecule has 0 unspecified atom stereocenters. The number of aryl methyl sites for hydroxylation is 1. The second-order valence-corrected chi connectivity index (χ2v) is 2.78. The van der Waals surface area contributed by atoms with Crippen LogP contribution < -0.4 is 4.57 Å². The van der Waals surface area contributed by atoms with Gasteiger partial charge in [0.05, 0.1) is 14.1 Å². The maximum Gasteiger partial charge on any atom is 0.284 e. The van der Waals surface area contributed by atoms with Crippen LogP contribution in [-0.2, 0) is 20.5 Å². The van der Waals surface area contributed by atoms with E-state index in [1.807, 2.05) is 30.3 Å². The van der Waals surface area contributed by atoms with Crippen LogP contribution in [0.5, 0.6) is 0 Å². The lowest BCUT2D eigenvalue weighted by atomic mass is 10.4. The van der Waals surface area contributed by atoms with Crippen LogP contribution in [0.4, 0.5) is 0 Å². The van der Waals surface area contributed by atoms with Crippen molar-refractivity contribution >= 4 is 0 Å².